The molecule has 0 bridgehead atoms. The van der Waals surface area contributed by atoms with Crippen LogP contribution >= 0.6 is 11.8 Å². The maximum atomic E-state index is 12.0. The van der Waals surface area contributed by atoms with E-state index >= 15 is 0 Å². The van der Waals surface area contributed by atoms with E-state index in [1.165, 1.54) is 18.6 Å². The average Bonchev–Trinajstić information content (AvgIpc) is 3.03. The van der Waals surface area contributed by atoms with Crippen LogP contribution in [0.2, 0.25) is 0 Å². The highest BCUT2D eigenvalue weighted by molar-refractivity contribution is 8.00. The van der Waals surface area contributed by atoms with Crippen molar-refractivity contribution in [2.45, 2.75) is 43.4 Å². The van der Waals surface area contributed by atoms with Crippen LogP contribution in [0.4, 0.5) is 4.79 Å². The molecule has 2 rings (SSSR count). The fraction of sp³-hybridized carbons (Fsp3) is 0.833. The lowest BCUT2D eigenvalue weighted by atomic mass is 10.2. The van der Waals surface area contributed by atoms with Gasteiger partial charge in [0.15, 0.2) is 0 Å². The van der Waals surface area contributed by atoms with Gasteiger partial charge in [0.1, 0.15) is 0 Å². The highest BCUT2D eigenvalue weighted by Gasteiger charge is 2.32. The zero-order valence-electron chi connectivity index (χ0n) is 10.4. The minimum Gasteiger partial charge on any atom is -0.481 e. The maximum Gasteiger partial charge on any atom is 0.317 e. The molecule has 102 valence electrons. The Hall–Kier alpha value is -0.910. The van der Waals surface area contributed by atoms with Crippen LogP contribution in [0.3, 0.4) is 0 Å². The van der Waals surface area contributed by atoms with Gasteiger partial charge in [-0.05, 0) is 31.4 Å². The second-order valence-electron chi connectivity index (χ2n) is 4.89. The van der Waals surface area contributed by atoms with Crippen molar-refractivity contribution >= 4 is 23.8 Å². The molecule has 0 aromatic heterocycles. The van der Waals surface area contributed by atoms with Crippen LogP contribution < -0.4 is 5.32 Å². The number of carboxylic acids is 1. The highest BCUT2D eigenvalue weighted by atomic mass is 32.2. The van der Waals surface area contributed by atoms with Gasteiger partial charge in [-0.15, -0.1) is 0 Å². The summed E-state index contributed by atoms with van der Waals surface area (Å²) < 4.78 is 0. The molecule has 1 heterocycles. The molecule has 1 saturated heterocycles. The SMILES string of the molecule is O=C(O)CCN(C(=O)NCC1CCCS1)C1CC1. The number of carbonyl (C=O) groups is 2. The molecule has 2 N–H and O–H groups in total. The van der Waals surface area contributed by atoms with Gasteiger partial charge in [0.05, 0.1) is 6.42 Å². The van der Waals surface area contributed by atoms with Gasteiger partial charge in [-0.2, -0.15) is 11.8 Å². The molecule has 2 aliphatic rings. The summed E-state index contributed by atoms with van der Waals surface area (Å²) in [6.45, 7) is 1.03. The van der Waals surface area contributed by atoms with Crippen LogP contribution in [0.15, 0.2) is 0 Å². The van der Waals surface area contributed by atoms with Crippen molar-refractivity contribution < 1.29 is 14.7 Å². The summed E-state index contributed by atoms with van der Waals surface area (Å²) in [5.74, 6) is 0.339. The number of thioether (sulfide) groups is 1. The molecule has 18 heavy (non-hydrogen) atoms. The molecule has 5 nitrogen and oxygen atoms in total. The number of nitrogens with zero attached hydrogens (tertiary/aromatic N) is 1. The minimum atomic E-state index is -0.847. The van der Waals surface area contributed by atoms with Crippen molar-refractivity contribution in [2.75, 3.05) is 18.8 Å². The summed E-state index contributed by atoms with van der Waals surface area (Å²) in [6.07, 6.45) is 4.44. The first kappa shape index (κ1) is 13.5. The molecule has 0 spiro atoms. The van der Waals surface area contributed by atoms with Gasteiger partial charge in [-0.25, -0.2) is 4.79 Å². The molecule has 1 atom stereocenters. The lowest BCUT2D eigenvalue weighted by Gasteiger charge is -2.23. The fourth-order valence-electron chi connectivity index (χ4n) is 2.16. The third kappa shape index (κ3) is 4.08. The van der Waals surface area contributed by atoms with Gasteiger partial charge >= 0.3 is 12.0 Å². The lowest BCUT2D eigenvalue weighted by molar-refractivity contribution is -0.137. The standard InChI is InChI=1S/C12H20N2O3S/c15-11(16)5-6-14(9-3-4-9)12(17)13-8-10-2-1-7-18-10/h9-10H,1-8H2,(H,13,17)(H,15,16). The highest BCUT2D eigenvalue weighted by Crippen LogP contribution is 2.28. The van der Waals surface area contributed by atoms with E-state index in [0.717, 1.165) is 12.8 Å². The largest absolute Gasteiger partial charge is 0.481 e. The van der Waals surface area contributed by atoms with Crippen molar-refractivity contribution in [3.05, 3.63) is 0 Å². The lowest BCUT2D eigenvalue weighted by Crippen LogP contribution is -2.44. The first-order chi connectivity index (χ1) is 8.66. The summed E-state index contributed by atoms with van der Waals surface area (Å²) in [5, 5.41) is 12.2. The quantitative estimate of drug-likeness (QED) is 0.769. The predicted octanol–water partition coefficient (Wildman–Crippen LogP) is 1.53. The van der Waals surface area contributed by atoms with Crippen LogP contribution in [0, 0.1) is 0 Å². The smallest absolute Gasteiger partial charge is 0.317 e. The maximum absolute atomic E-state index is 12.0. The number of hydrogen-bond acceptors (Lipinski definition) is 3. The van der Waals surface area contributed by atoms with E-state index in [0.29, 0.717) is 18.3 Å². The molecular formula is C12H20N2O3S. The molecule has 0 aromatic rings. The van der Waals surface area contributed by atoms with E-state index in [1.54, 1.807) is 4.90 Å². The Labute approximate surface area is 111 Å². The molecule has 1 aliphatic heterocycles. The first-order valence-corrected chi connectivity index (χ1v) is 7.59. The normalized spacial score (nSPS) is 22.8. The van der Waals surface area contributed by atoms with Crippen molar-refractivity contribution in [3.63, 3.8) is 0 Å². The molecule has 0 radical (unpaired) electrons. The number of urea groups is 1. The van der Waals surface area contributed by atoms with Crippen LogP contribution in [0.25, 0.3) is 0 Å². The zero-order chi connectivity index (χ0) is 13.0. The number of hydrogen-bond donors (Lipinski definition) is 2. The van der Waals surface area contributed by atoms with Crippen LogP contribution in [-0.2, 0) is 4.79 Å². The Morgan fingerprint density at radius 1 is 1.33 bits per heavy atom. The number of carbonyl (C=O) groups excluding carboxylic acids is 1. The van der Waals surface area contributed by atoms with Gasteiger partial charge in [-0.1, -0.05) is 0 Å². The van der Waals surface area contributed by atoms with Gasteiger partial charge < -0.3 is 15.3 Å². The summed E-state index contributed by atoms with van der Waals surface area (Å²) in [5.41, 5.74) is 0. The van der Waals surface area contributed by atoms with E-state index in [9.17, 15) is 9.59 Å². The Bertz CT molecular complexity index is 314. The molecule has 1 aliphatic carbocycles. The van der Waals surface area contributed by atoms with Gasteiger partial charge in [0.2, 0.25) is 0 Å². The molecular weight excluding hydrogens is 252 g/mol. The van der Waals surface area contributed by atoms with Gasteiger partial charge in [0, 0.05) is 24.4 Å². The van der Waals surface area contributed by atoms with Crippen molar-refractivity contribution in [1.29, 1.82) is 0 Å². The Balaban J connectivity index is 1.74. The third-order valence-corrected chi connectivity index (χ3v) is 4.72. The number of carboxylic acid groups (broad SMARTS) is 1. The van der Waals surface area contributed by atoms with Crippen molar-refractivity contribution in [2.24, 2.45) is 0 Å². The average molecular weight is 272 g/mol. The monoisotopic (exact) mass is 272 g/mol. The number of aliphatic carboxylic acids is 1. The molecule has 0 aromatic carbocycles. The van der Waals surface area contributed by atoms with Crippen molar-refractivity contribution in [3.8, 4) is 0 Å². The minimum absolute atomic E-state index is 0.0299. The summed E-state index contributed by atoms with van der Waals surface area (Å²) >= 11 is 1.91. The summed E-state index contributed by atoms with van der Waals surface area (Å²) in [7, 11) is 0. The Kier molecular flexibility index (Phi) is 4.74. The molecule has 6 heteroatoms. The number of rotatable bonds is 6. The molecule has 1 saturated carbocycles. The van der Waals surface area contributed by atoms with E-state index in [-0.39, 0.29) is 18.5 Å². The van der Waals surface area contributed by atoms with Crippen LogP contribution in [0.5, 0.6) is 0 Å². The number of amides is 2. The second-order valence-corrected chi connectivity index (χ2v) is 6.30. The van der Waals surface area contributed by atoms with E-state index in [2.05, 4.69) is 5.32 Å². The van der Waals surface area contributed by atoms with E-state index in [4.69, 9.17) is 5.11 Å². The van der Waals surface area contributed by atoms with E-state index < -0.39 is 5.97 Å². The fourth-order valence-corrected chi connectivity index (χ4v) is 3.36. The van der Waals surface area contributed by atoms with Crippen molar-refractivity contribution in [1.82, 2.24) is 10.2 Å². The number of nitrogens with one attached hydrogen (secondary N) is 1. The topological polar surface area (TPSA) is 69.6 Å². The summed E-state index contributed by atoms with van der Waals surface area (Å²) in [6, 6.07) is 0.173. The van der Waals surface area contributed by atoms with Gasteiger partial charge in [-0.3, -0.25) is 4.79 Å². The molecule has 2 amide bonds. The first-order valence-electron chi connectivity index (χ1n) is 6.54. The Morgan fingerprint density at radius 3 is 2.67 bits per heavy atom. The van der Waals surface area contributed by atoms with E-state index in [1.807, 2.05) is 11.8 Å². The summed E-state index contributed by atoms with van der Waals surface area (Å²) in [4.78, 5) is 24.3. The van der Waals surface area contributed by atoms with Crippen LogP contribution in [-0.4, -0.2) is 52.1 Å². The Morgan fingerprint density at radius 2 is 2.11 bits per heavy atom. The molecule has 1 unspecified atom stereocenters. The van der Waals surface area contributed by atoms with Gasteiger partial charge in [0.25, 0.3) is 0 Å². The third-order valence-electron chi connectivity index (χ3n) is 3.32. The predicted molar refractivity (Wildman–Crippen MR) is 70.9 cm³/mol. The van der Waals surface area contributed by atoms with Crippen LogP contribution in [0.1, 0.15) is 32.1 Å². The molecule has 2 fully saturated rings. The second kappa shape index (κ2) is 6.31. The zero-order valence-corrected chi connectivity index (χ0v) is 11.2.